The molecule has 0 spiro atoms. The van der Waals surface area contributed by atoms with Crippen LogP contribution in [0.25, 0.3) is 99.8 Å². The number of fused-ring (bicyclic) bond motifs is 12. The van der Waals surface area contributed by atoms with Crippen molar-refractivity contribution >= 4 is 116 Å². The zero-order valence-corrected chi connectivity index (χ0v) is 32.1. The van der Waals surface area contributed by atoms with Gasteiger partial charge in [-0.15, -0.1) is 0 Å². The normalized spacial score (nSPS) is 13.4. The van der Waals surface area contributed by atoms with Crippen LogP contribution in [-0.4, -0.2) is 18.0 Å². The Morgan fingerprint density at radius 2 is 1.10 bits per heavy atom. The van der Waals surface area contributed by atoms with Crippen molar-refractivity contribution in [1.82, 2.24) is 9.97 Å². The fourth-order valence-corrected chi connectivity index (χ4v) is 12.7. The lowest BCUT2D eigenvalue weighted by atomic mass is 9.90. The predicted octanol–water partition coefficient (Wildman–Crippen LogP) is 13.2. The second kappa shape index (κ2) is 12.2. The highest BCUT2D eigenvalue weighted by Gasteiger charge is 2.21. The average molecular weight is 887 g/mol. The molecule has 2 aliphatic rings. The molecule has 0 atom stereocenters. The van der Waals surface area contributed by atoms with Crippen LogP contribution in [0, 0.1) is 7.14 Å². The molecule has 2 aromatic heterocycles. The molecular weight excluding hydrogens is 858 g/mol. The van der Waals surface area contributed by atoms with Crippen LogP contribution >= 0.6 is 41.5 Å². The molecule has 0 unspecified atom stereocenters. The summed E-state index contributed by atoms with van der Waals surface area (Å²) >= 11 is -0.519. The largest absolute Gasteiger partial charge is 0.255 e. The van der Waals surface area contributed by atoms with Gasteiger partial charge in [-0.25, -0.2) is 4.98 Å². The molecule has 0 amide bonds. The zero-order chi connectivity index (χ0) is 34.2. The van der Waals surface area contributed by atoms with Crippen LogP contribution in [0.1, 0.15) is 11.1 Å². The highest BCUT2D eigenvalue weighted by molar-refractivity contribution is 14.2. The first-order valence-electron chi connectivity index (χ1n) is 17.4. The van der Waals surface area contributed by atoms with Crippen molar-refractivity contribution in [1.29, 1.82) is 0 Å². The lowest BCUT2D eigenvalue weighted by Crippen LogP contribution is -1.98. The van der Waals surface area contributed by atoms with Crippen molar-refractivity contribution in [2.75, 3.05) is 0 Å². The number of allylic oxidation sites excluding steroid dienone is 2. The third-order valence-corrected chi connectivity index (χ3v) is 15.5. The molecule has 0 N–H and O–H groups in total. The van der Waals surface area contributed by atoms with Gasteiger partial charge in [0.25, 0.3) is 0 Å². The third-order valence-electron chi connectivity index (χ3n) is 10.4. The maximum atomic E-state index is 5.57. The third kappa shape index (κ3) is 4.67. The Kier molecular flexibility index (Phi) is 7.15. The van der Waals surface area contributed by atoms with Crippen molar-refractivity contribution in [3.63, 3.8) is 0 Å². The molecule has 2 nitrogen and oxygen atoms in total. The molecule has 0 saturated heterocycles. The summed E-state index contributed by atoms with van der Waals surface area (Å²) in [4.78, 5) is 10.5. The molecule has 2 aliphatic heterocycles. The van der Waals surface area contributed by atoms with E-state index >= 15 is 0 Å². The van der Waals surface area contributed by atoms with Crippen molar-refractivity contribution in [2.45, 2.75) is 0 Å². The fraction of sp³-hybridized carbons (Fsp3) is 0. The molecule has 4 heteroatoms. The SMILES string of the molecule is C1=Cc2cc(-c3ccc(-c4cccc(-c5nc6c7ccccc7c7ccccc7c6c6ccccc56)c4)c4c3C=CC=I4)c3cccnc3c2I=C1. The van der Waals surface area contributed by atoms with Crippen molar-refractivity contribution in [2.24, 2.45) is 0 Å². The number of aromatic nitrogens is 2. The molecule has 0 radical (unpaired) electrons. The van der Waals surface area contributed by atoms with Crippen molar-refractivity contribution in [3.8, 4) is 33.5 Å². The summed E-state index contributed by atoms with van der Waals surface area (Å²) in [7, 11) is 0. The van der Waals surface area contributed by atoms with Crippen LogP contribution in [-0.2, 0) is 0 Å². The first kappa shape index (κ1) is 30.4. The lowest BCUT2D eigenvalue weighted by molar-refractivity contribution is 1.39. The van der Waals surface area contributed by atoms with E-state index in [2.05, 4.69) is 160 Å². The van der Waals surface area contributed by atoms with Gasteiger partial charge in [0.05, 0.1) is 16.7 Å². The van der Waals surface area contributed by atoms with Crippen molar-refractivity contribution in [3.05, 3.63) is 164 Å². The molecule has 7 aromatic carbocycles. The first-order valence-corrected chi connectivity index (χ1v) is 22.0. The number of rotatable bonds is 3. The Bertz CT molecular complexity index is 3130. The molecule has 0 bridgehead atoms. The molecule has 4 heterocycles. The average Bonchev–Trinajstić information content (AvgIpc) is 3.22. The summed E-state index contributed by atoms with van der Waals surface area (Å²) in [6.45, 7) is 0. The van der Waals surface area contributed by atoms with Gasteiger partial charge in [0, 0.05) is 40.4 Å². The summed E-state index contributed by atoms with van der Waals surface area (Å²) in [6, 6.07) is 46.9. The van der Waals surface area contributed by atoms with Gasteiger partial charge in [-0.3, -0.25) is 4.98 Å². The number of benzene rings is 7. The molecule has 9 aromatic rings. The van der Waals surface area contributed by atoms with Gasteiger partial charge >= 0.3 is 0 Å². The van der Waals surface area contributed by atoms with Gasteiger partial charge in [0.15, 0.2) is 0 Å². The van der Waals surface area contributed by atoms with Crippen LogP contribution < -0.4 is 0 Å². The van der Waals surface area contributed by atoms with Gasteiger partial charge in [0.2, 0.25) is 0 Å². The van der Waals surface area contributed by atoms with Crippen LogP contribution in [0.4, 0.5) is 0 Å². The van der Waals surface area contributed by atoms with Gasteiger partial charge in [-0.1, -0.05) is 175 Å². The Labute approximate surface area is 320 Å². The molecular formula is C48H28I2N2. The minimum Gasteiger partial charge on any atom is -0.255 e. The highest BCUT2D eigenvalue weighted by atomic mass is 127. The van der Waals surface area contributed by atoms with Crippen LogP contribution in [0.3, 0.4) is 0 Å². The van der Waals surface area contributed by atoms with Gasteiger partial charge in [-0.05, 0) is 81.1 Å². The van der Waals surface area contributed by atoms with Crippen LogP contribution in [0.2, 0.25) is 0 Å². The minimum atomic E-state index is -0.328. The van der Waals surface area contributed by atoms with Crippen LogP contribution in [0.5, 0.6) is 0 Å². The smallest absolute Gasteiger partial charge is 0.0843 e. The van der Waals surface area contributed by atoms with E-state index in [0.717, 1.165) is 22.3 Å². The zero-order valence-electron chi connectivity index (χ0n) is 27.8. The first-order chi connectivity index (χ1) is 25.8. The molecule has 0 aliphatic carbocycles. The maximum Gasteiger partial charge on any atom is 0.0843 e. The number of halogens is 2. The van der Waals surface area contributed by atoms with E-state index in [1.54, 1.807) is 0 Å². The van der Waals surface area contributed by atoms with Crippen molar-refractivity contribution < 1.29 is 0 Å². The van der Waals surface area contributed by atoms with Gasteiger partial charge in [0.1, 0.15) is 0 Å². The van der Waals surface area contributed by atoms with Gasteiger partial charge in [-0.2, -0.15) is 0 Å². The molecule has 11 rings (SSSR count). The number of hydrogen-bond donors (Lipinski definition) is 0. The predicted molar refractivity (Wildman–Crippen MR) is 241 cm³/mol. The van der Waals surface area contributed by atoms with Gasteiger partial charge < -0.3 is 0 Å². The molecule has 52 heavy (non-hydrogen) atoms. The Balaban J connectivity index is 1.13. The Hall–Kier alpha value is -5.18. The number of pyridine rings is 2. The summed E-state index contributed by atoms with van der Waals surface area (Å²) in [6.07, 6.45) is 11.0. The standard InChI is InChI=1S/C48H28I2N2/c1-3-16-36-33(14-1)34-15-2-5-18-39(34)47-43(36)37-17-4-6-19-40(37)46(52-47)31-12-7-11-29(27-31)32-22-23-35(38-20-9-25-50-45(32)38)42-28-30-13-8-24-49-44(30)48-41(42)21-10-26-51-48/h1-28H. The van der Waals surface area contributed by atoms with Crippen LogP contribution in [0.15, 0.2) is 146 Å². The van der Waals surface area contributed by atoms with E-state index in [-0.39, 0.29) is 41.5 Å². The molecule has 0 saturated carbocycles. The second-order valence-electron chi connectivity index (χ2n) is 13.2. The highest BCUT2D eigenvalue weighted by Crippen LogP contribution is 2.45. The second-order valence-corrected chi connectivity index (χ2v) is 18.0. The summed E-state index contributed by atoms with van der Waals surface area (Å²) in [5.41, 5.74) is 12.2. The monoisotopic (exact) mass is 886 g/mol. The van der Waals surface area contributed by atoms with E-state index in [0.29, 0.717) is 0 Å². The fourth-order valence-electron chi connectivity index (χ4n) is 8.14. The minimum absolute atomic E-state index is 0.192. The number of hydrogen-bond acceptors (Lipinski definition) is 2. The summed E-state index contributed by atoms with van der Waals surface area (Å²) < 4.78 is 7.62. The topological polar surface area (TPSA) is 25.8 Å². The Morgan fingerprint density at radius 1 is 0.442 bits per heavy atom. The van der Waals surface area contributed by atoms with E-state index in [1.165, 1.54) is 83.6 Å². The van der Waals surface area contributed by atoms with E-state index in [4.69, 9.17) is 9.97 Å². The van der Waals surface area contributed by atoms with E-state index in [9.17, 15) is 0 Å². The van der Waals surface area contributed by atoms with E-state index in [1.807, 2.05) is 6.20 Å². The number of nitrogens with zero attached hydrogens (tertiary/aromatic N) is 2. The maximum absolute atomic E-state index is 5.57. The Morgan fingerprint density at radius 3 is 1.94 bits per heavy atom. The van der Waals surface area contributed by atoms with E-state index < -0.39 is 0 Å². The summed E-state index contributed by atoms with van der Waals surface area (Å²) in [5.74, 6) is 0. The summed E-state index contributed by atoms with van der Waals surface area (Å²) in [5, 5.41) is 9.84. The molecule has 0 fully saturated rings. The quantitative estimate of drug-likeness (QED) is 0.130. The molecule has 244 valence electrons. The lowest BCUT2D eigenvalue weighted by Gasteiger charge is -2.20.